The predicted molar refractivity (Wildman–Crippen MR) is 68.9 cm³/mol. The highest BCUT2D eigenvalue weighted by Crippen LogP contribution is 2.24. The molecule has 6 heteroatoms. The fourth-order valence-corrected chi connectivity index (χ4v) is 3.06. The zero-order valence-corrected chi connectivity index (χ0v) is 10.8. The summed E-state index contributed by atoms with van der Waals surface area (Å²) in [6.45, 7) is 4.64. The normalized spacial score (nSPS) is 20.6. The maximum atomic E-state index is 11.3. The number of amides is 1. The maximum Gasteiger partial charge on any atom is 0.234 e. The van der Waals surface area contributed by atoms with Crippen molar-refractivity contribution in [1.29, 1.82) is 0 Å². The Labute approximate surface area is 105 Å². The van der Waals surface area contributed by atoms with Crippen LogP contribution in [0.4, 0.5) is 5.13 Å². The monoisotopic (exact) mass is 254 g/mol. The van der Waals surface area contributed by atoms with Crippen LogP contribution in [0, 0.1) is 0 Å². The second kappa shape index (κ2) is 5.46. The maximum absolute atomic E-state index is 11.3. The van der Waals surface area contributed by atoms with E-state index in [4.69, 9.17) is 5.73 Å². The summed E-state index contributed by atoms with van der Waals surface area (Å²) in [5.41, 5.74) is 5.39. The molecule has 2 rings (SSSR count). The number of hydrogen-bond acceptors (Lipinski definition) is 5. The third-order valence-electron chi connectivity index (χ3n) is 2.93. The number of anilines is 1. The van der Waals surface area contributed by atoms with E-state index in [1.165, 1.54) is 4.88 Å². The van der Waals surface area contributed by atoms with E-state index < -0.39 is 0 Å². The molecule has 0 aliphatic carbocycles. The zero-order valence-electron chi connectivity index (χ0n) is 9.98. The van der Waals surface area contributed by atoms with Crippen molar-refractivity contribution < 1.29 is 4.79 Å². The molecule has 1 amide bonds. The first-order valence-corrected chi connectivity index (χ1v) is 6.74. The molecule has 0 aromatic carbocycles. The molecule has 1 aromatic rings. The molecule has 2 heterocycles. The number of rotatable bonds is 5. The van der Waals surface area contributed by atoms with Crippen molar-refractivity contribution in [3.05, 3.63) is 11.1 Å². The van der Waals surface area contributed by atoms with Crippen molar-refractivity contribution in [3.8, 4) is 0 Å². The first kappa shape index (κ1) is 12.3. The van der Waals surface area contributed by atoms with Gasteiger partial charge in [-0.1, -0.05) is 0 Å². The molecule has 1 aromatic heterocycles. The van der Waals surface area contributed by atoms with Crippen molar-refractivity contribution in [2.45, 2.75) is 32.4 Å². The lowest BCUT2D eigenvalue weighted by molar-refractivity contribution is -0.122. The Kier molecular flexibility index (Phi) is 3.96. The molecule has 0 saturated carbocycles. The van der Waals surface area contributed by atoms with Crippen LogP contribution in [-0.4, -0.2) is 34.9 Å². The van der Waals surface area contributed by atoms with Crippen molar-refractivity contribution in [3.63, 3.8) is 0 Å². The lowest BCUT2D eigenvalue weighted by Crippen LogP contribution is -2.39. The predicted octanol–water partition coefficient (Wildman–Crippen LogP) is 1.02. The van der Waals surface area contributed by atoms with Crippen LogP contribution in [0.15, 0.2) is 6.20 Å². The van der Waals surface area contributed by atoms with Gasteiger partial charge < -0.3 is 11.1 Å². The van der Waals surface area contributed by atoms with Gasteiger partial charge in [0.05, 0.1) is 6.04 Å². The van der Waals surface area contributed by atoms with E-state index in [1.807, 2.05) is 13.1 Å². The Morgan fingerprint density at radius 3 is 3.29 bits per heavy atom. The van der Waals surface area contributed by atoms with Crippen LogP contribution >= 0.6 is 11.3 Å². The molecule has 1 saturated heterocycles. The summed E-state index contributed by atoms with van der Waals surface area (Å²) in [6.07, 6.45) is 3.81. The molecule has 17 heavy (non-hydrogen) atoms. The van der Waals surface area contributed by atoms with Gasteiger partial charge in [0.25, 0.3) is 0 Å². The van der Waals surface area contributed by atoms with Gasteiger partial charge in [-0.3, -0.25) is 9.69 Å². The number of primary amides is 1. The Morgan fingerprint density at radius 1 is 1.76 bits per heavy atom. The minimum atomic E-state index is -0.209. The van der Waals surface area contributed by atoms with E-state index in [-0.39, 0.29) is 11.9 Å². The average molecular weight is 254 g/mol. The average Bonchev–Trinajstić information content (AvgIpc) is 2.89. The molecule has 5 nitrogen and oxygen atoms in total. The number of nitrogens with two attached hydrogens (primary N) is 1. The van der Waals surface area contributed by atoms with Gasteiger partial charge in [-0.15, -0.1) is 11.3 Å². The van der Waals surface area contributed by atoms with Crippen molar-refractivity contribution in [2.24, 2.45) is 5.73 Å². The minimum Gasteiger partial charge on any atom is -0.368 e. The fourth-order valence-electron chi connectivity index (χ4n) is 2.15. The van der Waals surface area contributed by atoms with Crippen molar-refractivity contribution in [1.82, 2.24) is 9.88 Å². The van der Waals surface area contributed by atoms with Gasteiger partial charge in [-0.05, 0) is 26.3 Å². The van der Waals surface area contributed by atoms with Gasteiger partial charge in [-0.25, -0.2) is 4.98 Å². The van der Waals surface area contributed by atoms with Gasteiger partial charge in [0.1, 0.15) is 0 Å². The molecular formula is C11H18N4OS. The Bertz CT molecular complexity index is 393. The summed E-state index contributed by atoms with van der Waals surface area (Å²) in [4.78, 5) is 18.9. The summed E-state index contributed by atoms with van der Waals surface area (Å²) in [5.74, 6) is -0.209. The number of carbonyl (C=O) groups excluding carboxylic acids is 1. The molecule has 94 valence electrons. The topological polar surface area (TPSA) is 71.2 Å². The molecule has 1 atom stereocenters. The highest BCUT2D eigenvalue weighted by Gasteiger charge is 2.29. The van der Waals surface area contributed by atoms with Crippen LogP contribution in [0.3, 0.4) is 0 Å². The van der Waals surface area contributed by atoms with Crippen LogP contribution in [0.2, 0.25) is 0 Å². The lowest BCUT2D eigenvalue weighted by Gasteiger charge is -2.20. The van der Waals surface area contributed by atoms with Crippen LogP contribution in [0.25, 0.3) is 0 Å². The molecule has 3 N–H and O–H groups in total. The number of hydrogen-bond donors (Lipinski definition) is 2. The number of nitrogens with one attached hydrogen (secondary N) is 1. The third kappa shape index (κ3) is 2.95. The number of carbonyl (C=O) groups is 1. The first-order valence-electron chi connectivity index (χ1n) is 5.92. The standard InChI is InChI=1S/C11H18N4OS/c1-2-13-11-14-6-8(17-11)7-15-5-3-4-9(15)10(12)16/h6,9H,2-5,7H2,1H3,(H2,12,16)(H,13,14). The first-order chi connectivity index (χ1) is 8.20. The molecule has 0 spiro atoms. The molecule has 0 radical (unpaired) electrons. The van der Waals surface area contributed by atoms with Gasteiger partial charge in [-0.2, -0.15) is 0 Å². The Balaban J connectivity index is 1.97. The van der Waals surface area contributed by atoms with Gasteiger partial charge >= 0.3 is 0 Å². The quantitative estimate of drug-likeness (QED) is 0.823. The largest absolute Gasteiger partial charge is 0.368 e. The number of nitrogens with zero attached hydrogens (tertiary/aromatic N) is 2. The van der Waals surface area contributed by atoms with E-state index in [0.29, 0.717) is 0 Å². The van der Waals surface area contributed by atoms with Crippen LogP contribution in [0.1, 0.15) is 24.6 Å². The SMILES string of the molecule is CCNc1ncc(CN2CCCC2C(N)=O)s1. The Hall–Kier alpha value is -1.14. The van der Waals surface area contributed by atoms with Crippen molar-refractivity contribution in [2.75, 3.05) is 18.4 Å². The summed E-state index contributed by atoms with van der Waals surface area (Å²) in [5, 5.41) is 4.13. The fraction of sp³-hybridized carbons (Fsp3) is 0.636. The second-order valence-corrected chi connectivity index (χ2v) is 5.31. The molecule has 0 bridgehead atoms. The van der Waals surface area contributed by atoms with Gasteiger partial charge in [0, 0.05) is 24.2 Å². The van der Waals surface area contributed by atoms with E-state index in [1.54, 1.807) is 11.3 Å². The lowest BCUT2D eigenvalue weighted by atomic mass is 10.2. The van der Waals surface area contributed by atoms with E-state index in [0.717, 1.165) is 37.6 Å². The summed E-state index contributed by atoms with van der Waals surface area (Å²) in [6, 6.07) is -0.0975. The third-order valence-corrected chi connectivity index (χ3v) is 3.87. The van der Waals surface area contributed by atoms with E-state index in [2.05, 4.69) is 15.2 Å². The smallest absolute Gasteiger partial charge is 0.234 e. The molecule has 1 aliphatic rings. The highest BCUT2D eigenvalue weighted by molar-refractivity contribution is 7.15. The summed E-state index contributed by atoms with van der Waals surface area (Å²) in [7, 11) is 0. The molecule has 1 fully saturated rings. The minimum absolute atomic E-state index is 0.0975. The number of thiazole rings is 1. The molecule has 1 aliphatic heterocycles. The Morgan fingerprint density at radius 2 is 2.59 bits per heavy atom. The van der Waals surface area contributed by atoms with Crippen molar-refractivity contribution >= 4 is 22.4 Å². The second-order valence-electron chi connectivity index (χ2n) is 4.19. The molecule has 1 unspecified atom stereocenters. The van der Waals surface area contributed by atoms with Crippen LogP contribution in [0.5, 0.6) is 0 Å². The van der Waals surface area contributed by atoms with E-state index >= 15 is 0 Å². The highest BCUT2D eigenvalue weighted by atomic mass is 32.1. The molecular weight excluding hydrogens is 236 g/mol. The number of aromatic nitrogens is 1. The van der Waals surface area contributed by atoms with Crippen LogP contribution in [-0.2, 0) is 11.3 Å². The van der Waals surface area contributed by atoms with Crippen LogP contribution < -0.4 is 11.1 Å². The zero-order chi connectivity index (χ0) is 12.3. The summed E-state index contributed by atoms with van der Waals surface area (Å²) >= 11 is 1.64. The van der Waals surface area contributed by atoms with E-state index in [9.17, 15) is 4.79 Å². The van der Waals surface area contributed by atoms with Gasteiger partial charge in [0.2, 0.25) is 5.91 Å². The number of likely N-dealkylation sites (tertiary alicyclic amines) is 1. The van der Waals surface area contributed by atoms with Gasteiger partial charge in [0.15, 0.2) is 5.13 Å². The summed E-state index contributed by atoms with van der Waals surface area (Å²) < 4.78 is 0.